The van der Waals surface area contributed by atoms with Crippen LogP contribution in [0.3, 0.4) is 0 Å². The van der Waals surface area contributed by atoms with Crippen molar-refractivity contribution in [3.05, 3.63) is 33.1 Å². The summed E-state index contributed by atoms with van der Waals surface area (Å²) in [7, 11) is 0. The highest BCUT2D eigenvalue weighted by Crippen LogP contribution is 2.32. The molecule has 2 rings (SSSR count). The molecule has 2 heterocycles. The number of nitrogens with one attached hydrogen (secondary N) is 1. The van der Waals surface area contributed by atoms with Crippen molar-refractivity contribution >= 4 is 11.9 Å². The van der Waals surface area contributed by atoms with Gasteiger partial charge in [0.1, 0.15) is 6.10 Å². The zero-order chi connectivity index (χ0) is 17.1. The lowest BCUT2D eigenvalue weighted by molar-refractivity contribution is -0.165. The van der Waals surface area contributed by atoms with Gasteiger partial charge in [0.05, 0.1) is 6.61 Å². The van der Waals surface area contributed by atoms with Crippen molar-refractivity contribution in [2.75, 3.05) is 6.61 Å². The molecule has 4 atom stereocenters. The number of carbonyl (C=O) groups is 2. The summed E-state index contributed by atoms with van der Waals surface area (Å²) in [5.41, 5.74) is -1.40. The van der Waals surface area contributed by atoms with Gasteiger partial charge in [0.2, 0.25) is 0 Å². The molecule has 0 amide bonds. The Kier molecular flexibility index (Phi) is 4.96. The Hall–Kier alpha value is -2.46. The highest BCUT2D eigenvalue weighted by Gasteiger charge is 2.50. The van der Waals surface area contributed by atoms with Gasteiger partial charge in [-0.05, 0) is 0 Å². The Morgan fingerprint density at radius 1 is 1.26 bits per heavy atom. The van der Waals surface area contributed by atoms with Crippen LogP contribution < -0.4 is 11.2 Å². The topological polar surface area (TPSA) is 137 Å². The smallest absolute Gasteiger partial charge is 0.330 e. The number of esters is 2. The number of ether oxygens (including phenoxy) is 3. The van der Waals surface area contributed by atoms with Gasteiger partial charge in [-0.25, -0.2) is 4.79 Å². The van der Waals surface area contributed by atoms with E-state index in [9.17, 15) is 24.3 Å². The number of H-pyrrole nitrogens is 1. The average Bonchev–Trinajstić information content (AvgIpc) is 2.76. The molecule has 1 unspecified atom stereocenters. The molecule has 0 aromatic carbocycles. The van der Waals surface area contributed by atoms with E-state index in [-0.39, 0.29) is 0 Å². The molecule has 2 N–H and O–H groups in total. The third-order valence-corrected chi connectivity index (χ3v) is 3.19. The van der Waals surface area contributed by atoms with Gasteiger partial charge in [-0.15, -0.1) is 0 Å². The Balaban J connectivity index is 2.43. The lowest BCUT2D eigenvalue weighted by atomic mass is 10.1. The monoisotopic (exact) mass is 328 g/mol. The van der Waals surface area contributed by atoms with Crippen molar-refractivity contribution in [1.82, 2.24) is 9.55 Å². The van der Waals surface area contributed by atoms with Crippen LogP contribution in [0.1, 0.15) is 20.1 Å². The predicted octanol–water partition coefficient (Wildman–Crippen LogP) is -1.71. The van der Waals surface area contributed by atoms with Crippen LogP contribution in [0.15, 0.2) is 21.9 Å². The van der Waals surface area contributed by atoms with E-state index >= 15 is 0 Å². The van der Waals surface area contributed by atoms with Gasteiger partial charge in [0.15, 0.2) is 18.4 Å². The molecule has 23 heavy (non-hydrogen) atoms. The first-order chi connectivity index (χ1) is 10.8. The molecule has 0 spiro atoms. The zero-order valence-corrected chi connectivity index (χ0v) is 12.4. The first-order valence-electron chi connectivity index (χ1n) is 6.75. The van der Waals surface area contributed by atoms with Gasteiger partial charge in [-0.3, -0.25) is 23.9 Å². The van der Waals surface area contributed by atoms with Crippen LogP contribution >= 0.6 is 0 Å². The van der Waals surface area contributed by atoms with Crippen molar-refractivity contribution in [1.29, 1.82) is 0 Å². The Morgan fingerprint density at radius 3 is 2.39 bits per heavy atom. The molecule has 1 aromatic rings. The van der Waals surface area contributed by atoms with Gasteiger partial charge in [0.25, 0.3) is 5.56 Å². The van der Waals surface area contributed by atoms with E-state index in [0.29, 0.717) is 0 Å². The summed E-state index contributed by atoms with van der Waals surface area (Å²) in [6, 6.07) is 1.09. The zero-order valence-electron chi connectivity index (χ0n) is 12.4. The second kappa shape index (κ2) is 6.75. The first kappa shape index (κ1) is 16.9. The SMILES string of the molecule is CC(=O)OC1[C@@H](OC(C)=O)[C@@H](CO)O[C@H]1n1ccc(=O)[nH]c1=O. The number of aliphatic hydroxyl groups excluding tert-OH is 1. The molecule has 1 aliphatic heterocycles. The van der Waals surface area contributed by atoms with Crippen LogP contribution in [0, 0.1) is 0 Å². The number of hydrogen-bond donors (Lipinski definition) is 2. The first-order valence-corrected chi connectivity index (χ1v) is 6.75. The highest BCUT2D eigenvalue weighted by atomic mass is 16.6. The van der Waals surface area contributed by atoms with Gasteiger partial charge >= 0.3 is 17.6 Å². The third kappa shape index (κ3) is 3.66. The molecular weight excluding hydrogens is 312 g/mol. The maximum Gasteiger partial charge on any atom is 0.330 e. The summed E-state index contributed by atoms with van der Waals surface area (Å²) in [5.74, 6) is -1.35. The number of aromatic amines is 1. The molecule has 10 nitrogen and oxygen atoms in total. The molecule has 0 bridgehead atoms. The minimum absolute atomic E-state index is 0.523. The van der Waals surface area contributed by atoms with Crippen LogP contribution in [0.4, 0.5) is 0 Å². The molecule has 1 aromatic heterocycles. The molecule has 0 aliphatic carbocycles. The molecule has 1 aliphatic rings. The Bertz CT molecular complexity index is 708. The minimum atomic E-state index is -1.16. The normalized spacial score (nSPS) is 26.7. The van der Waals surface area contributed by atoms with Crippen LogP contribution in [0.25, 0.3) is 0 Å². The molecule has 1 saturated heterocycles. The maximum atomic E-state index is 11.9. The van der Waals surface area contributed by atoms with Gasteiger partial charge in [-0.1, -0.05) is 0 Å². The lowest BCUT2D eigenvalue weighted by Gasteiger charge is -2.23. The molecular formula is C13H16N2O8. The second-order valence-corrected chi connectivity index (χ2v) is 4.91. The number of aromatic nitrogens is 2. The Labute approximate surface area is 129 Å². The van der Waals surface area contributed by atoms with Crippen molar-refractivity contribution in [2.45, 2.75) is 38.4 Å². The summed E-state index contributed by atoms with van der Waals surface area (Å²) in [6.45, 7) is 1.77. The third-order valence-electron chi connectivity index (χ3n) is 3.19. The van der Waals surface area contributed by atoms with E-state index in [1.165, 1.54) is 0 Å². The minimum Gasteiger partial charge on any atom is -0.456 e. The number of nitrogens with zero attached hydrogens (tertiary/aromatic N) is 1. The quantitative estimate of drug-likeness (QED) is 0.623. The van der Waals surface area contributed by atoms with Gasteiger partial charge < -0.3 is 19.3 Å². The van der Waals surface area contributed by atoms with Crippen molar-refractivity contribution < 1.29 is 28.9 Å². The molecule has 0 radical (unpaired) electrons. The fourth-order valence-corrected chi connectivity index (χ4v) is 2.36. The Morgan fingerprint density at radius 2 is 1.87 bits per heavy atom. The fourth-order valence-electron chi connectivity index (χ4n) is 2.36. The molecule has 10 heteroatoms. The van der Waals surface area contributed by atoms with Crippen LogP contribution in [0.2, 0.25) is 0 Å². The van der Waals surface area contributed by atoms with E-state index in [1.54, 1.807) is 0 Å². The summed E-state index contributed by atoms with van der Waals surface area (Å²) >= 11 is 0. The van der Waals surface area contributed by atoms with Crippen molar-refractivity contribution in [3.63, 3.8) is 0 Å². The van der Waals surface area contributed by atoms with Crippen molar-refractivity contribution in [2.24, 2.45) is 0 Å². The summed E-state index contributed by atoms with van der Waals surface area (Å²) in [5, 5.41) is 9.38. The van der Waals surface area contributed by atoms with Crippen molar-refractivity contribution in [3.8, 4) is 0 Å². The number of rotatable bonds is 4. The standard InChI is InChI=1S/C13H16N2O8/c1-6(17)21-10-8(5-16)23-12(11(10)22-7(2)18)15-4-3-9(19)14-13(15)20/h3-4,8,10-12,16H,5H2,1-2H3,(H,14,19,20)/t8-,10+,11?,12-/m1/s1. The van der Waals surface area contributed by atoms with Gasteiger partial charge in [0, 0.05) is 26.1 Å². The van der Waals surface area contributed by atoms with Crippen LogP contribution in [-0.4, -0.2) is 51.5 Å². The summed E-state index contributed by atoms with van der Waals surface area (Å²) in [4.78, 5) is 47.6. The van der Waals surface area contributed by atoms with Crippen LogP contribution in [-0.2, 0) is 23.8 Å². The largest absolute Gasteiger partial charge is 0.456 e. The fraction of sp³-hybridized carbons (Fsp3) is 0.538. The second-order valence-electron chi connectivity index (χ2n) is 4.91. The summed E-state index contributed by atoms with van der Waals surface area (Å²) < 4.78 is 16.6. The maximum absolute atomic E-state index is 11.9. The molecule has 1 fully saturated rings. The van der Waals surface area contributed by atoms with Gasteiger partial charge in [-0.2, -0.15) is 0 Å². The van der Waals surface area contributed by atoms with E-state index in [0.717, 1.165) is 30.7 Å². The summed E-state index contributed by atoms with van der Waals surface area (Å²) in [6.07, 6.45) is -3.24. The van der Waals surface area contributed by atoms with E-state index < -0.39 is 54.3 Å². The predicted molar refractivity (Wildman–Crippen MR) is 73.4 cm³/mol. The number of hydrogen-bond acceptors (Lipinski definition) is 8. The van der Waals surface area contributed by atoms with Crippen LogP contribution in [0.5, 0.6) is 0 Å². The lowest BCUT2D eigenvalue weighted by Crippen LogP contribution is -2.42. The van der Waals surface area contributed by atoms with E-state index in [2.05, 4.69) is 0 Å². The number of aliphatic hydroxyl groups is 1. The number of carbonyl (C=O) groups excluding carboxylic acids is 2. The molecule has 0 saturated carbocycles. The van der Waals surface area contributed by atoms with E-state index in [1.807, 2.05) is 4.98 Å². The highest BCUT2D eigenvalue weighted by molar-refractivity contribution is 5.67. The van der Waals surface area contributed by atoms with E-state index in [4.69, 9.17) is 14.2 Å². The molecule has 126 valence electrons. The average molecular weight is 328 g/mol.